The molecule has 4 aromatic rings. The summed E-state index contributed by atoms with van der Waals surface area (Å²) >= 11 is 0. The van der Waals surface area contributed by atoms with E-state index in [-0.39, 0.29) is 15.9 Å². The van der Waals surface area contributed by atoms with Crippen molar-refractivity contribution in [2.24, 2.45) is 0 Å². The van der Waals surface area contributed by atoms with E-state index in [2.05, 4.69) is 20.8 Å². The van der Waals surface area contributed by atoms with Gasteiger partial charge in [0.25, 0.3) is 0 Å². The summed E-state index contributed by atoms with van der Waals surface area (Å²) in [5, 5.41) is 0. The number of hydrogen-bond acceptors (Lipinski definition) is 6. The molecule has 0 unspecified atom stereocenters. The molecule has 0 aliphatic heterocycles. The van der Waals surface area contributed by atoms with Gasteiger partial charge in [0.05, 0.1) is 4.90 Å². The van der Waals surface area contributed by atoms with Gasteiger partial charge in [0.2, 0.25) is 0 Å². The molecular weight excluding hydrogens is 589 g/mol. The number of hydrogen-bond donors (Lipinski definition) is 0. The zero-order valence-corrected chi connectivity index (χ0v) is 29.2. The number of benzene rings is 4. The van der Waals surface area contributed by atoms with Crippen LogP contribution in [0.3, 0.4) is 0 Å². The monoisotopic (exact) mass is 634 g/mol. The number of anilines is 2. The van der Waals surface area contributed by atoms with Crippen molar-refractivity contribution in [3.63, 3.8) is 0 Å². The van der Waals surface area contributed by atoms with Crippen LogP contribution in [-0.2, 0) is 19.2 Å². The van der Waals surface area contributed by atoms with E-state index in [1.165, 1.54) is 0 Å². The Morgan fingerprint density at radius 1 is 0.523 bits per heavy atom. The molecule has 0 spiro atoms. The second-order valence-electron chi connectivity index (χ2n) is 13.3. The van der Waals surface area contributed by atoms with Gasteiger partial charge in [-0.1, -0.05) is 32.9 Å². The van der Waals surface area contributed by atoms with Crippen LogP contribution in [0.15, 0.2) is 117 Å². The van der Waals surface area contributed by atoms with Crippen molar-refractivity contribution in [1.29, 1.82) is 0 Å². The molecule has 0 aliphatic carbocycles. The second-order valence-corrected chi connectivity index (χ2v) is 17.8. The van der Waals surface area contributed by atoms with Crippen LogP contribution in [0.25, 0.3) is 0 Å². The lowest BCUT2D eigenvalue weighted by Gasteiger charge is -2.40. The van der Waals surface area contributed by atoms with Crippen molar-refractivity contribution in [2.75, 3.05) is 38.0 Å². The van der Waals surface area contributed by atoms with Crippen molar-refractivity contribution in [2.45, 2.75) is 72.1 Å². The maximum Gasteiger partial charge on any atom is 0.307 e. The van der Waals surface area contributed by atoms with Crippen LogP contribution in [0.2, 0.25) is 0 Å². The Balaban J connectivity index is 1.98. The van der Waals surface area contributed by atoms with Gasteiger partial charge in [0, 0.05) is 54.3 Å². The minimum atomic E-state index is -4.23. The first kappa shape index (κ1) is 33.4. The maximum atomic E-state index is 14.3. The smallest absolute Gasteiger partial charge is 0.307 e. The zero-order valence-electron chi connectivity index (χ0n) is 27.6. The largest absolute Gasteiger partial charge is 0.488 e. The molecule has 0 radical (unpaired) electrons. The molecule has 0 N–H and O–H groups in total. The Bertz CT molecular complexity index is 1600. The topological polar surface area (TPSA) is 59.1 Å². The Morgan fingerprint density at radius 3 is 1.23 bits per heavy atom. The lowest BCUT2D eigenvalue weighted by atomic mass is 9.87. The molecule has 236 valence electrons. The third-order valence-electron chi connectivity index (χ3n) is 7.15. The molecule has 44 heavy (non-hydrogen) atoms. The van der Waals surface area contributed by atoms with Crippen molar-refractivity contribution in [3.05, 3.63) is 103 Å². The molecule has 0 aliphatic rings. The van der Waals surface area contributed by atoms with Crippen molar-refractivity contribution in [1.82, 2.24) is 0 Å². The van der Waals surface area contributed by atoms with E-state index in [0.29, 0.717) is 5.75 Å². The van der Waals surface area contributed by atoms with Crippen molar-refractivity contribution < 1.29 is 16.8 Å². The van der Waals surface area contributed by atoms with Gasteiger partial charge in [0.15, 0.2) is 0 Å². The summed E-state index contributed by atoms with van der Waals surface area (Å²) in [6.45, 7) is 12.3. The predicted molar refractivity (Wildman–Crippen MR) is 184 cm³/mol. The average molecular weight is 635 g/mol. The highest BCUT2D eigenvalue weighted by atomic mass is 32.3. The molecule has 0 atom stereocenters. The zero-order chi connectivity index (χ0) is 32.5. The summed E-state index contributed by atoms with van der Waals surface area (Å²) < 4.78 is 41.3. The number of ether oxygens (including phenoxy) is 1. The third kappa shape index (κ3) is 7.42. The first-order valence-electron chi connectivity index (χ1n) is 14.7. The molecule has 0 saturated carbocycles. The standard InChI is InChI=1S/C36H46N2O4S2/c1-35(2,3)27-11-19-34(20-12-27)44(39,40)42-43(31-21-13-28(14-22-31)37(7)8,32-23-15-29(16-24-32)38(9)10)33-25-17-30(18-26-33)41-36(4,5)6/h11-26H,1-10H3. The fourth-order valence-corrected chi connectivity index (χ4v) is 9.92. The van der Waals surface area contributed by atoms with Crippen LogP contribution < -0.4 is 14.5 Å². The molecular formula is C36H46N2O4S2. The molecule has 0 bridgehead atoms. The van der Waals surface area contributed by atoms with E-state index in [0.717, 1.165) is 31.6 Å². The summed E-state index contributed by atoms with van der Waals surface area (Å²) in [5.74, 6) is 0.695. The van der Waals surface area contributed by atoms with Gasteiger partial charge in [-0.15, -0.1) is 0 Å². The van der Waals surface area contributed by atoms with E-state index >= 15 is 0 Å². The predicted octanol–water partition coefficient (Wildman–Crippen LogP) is 8.90. The highest BCUT2D eigenvalue weighted by Crippen LogP contribution is 2.70. The highest BCUT2D eigenvalue weighted by molar-refractivity contribution is 8.33. The van der Waals surface area contributed by atoms with Crippen LogP contribution in [0.4, 0.5) is 11.4 Å². The fourth-order valence-electron chi connectivity index (χ4n) is 4.75. The lowest BCUT2D eigenvalue weighted by Crippen LogP contribution is -2.22. The molecule has 4 rings (SSSR count). The Labute approximate surface area is 266 Å². The SMILES string of the molecule is CN(C)c1ccc(S(OS(=O)(=O)c2ccc(C(C)(C)C)cc2)(c2ccc(OC(C)(C)C)cc2)c2ccc(N(C)C)cc2)cc1. The molecule has 8 heteroatoms. The van der Waals surface area contributed by atoms with Gasteiger partial charge in [-0.05, 0) is 127 Å². The molecule has 0 aromatic heterocycles. The second kappa shape index (κ2) is 12.5. The summed E-state index contributed by atoms with van der Waals surface area (Å²) in [7, 11) is 0.875. The van der Waals surface area contributed by atoms with Crippen molar-refractivity contribution >= 4 is 31.8 Å². The first-order valence-corrected chi connectivity index (χ1v) is 17.6. The molecule has 6 nitrogen and oxygen atoms in total. The van der Waals surface area contributed by atoms with Crippen LogP contribution in [0, 0.1) is 0 Å². The molecule has 0 heterocycles. The van der Waals surface area contributed by atoms with Crippen LogP contribution >= 0.6 is 10.3 Å². The van der Waals surface area contributed by atoms with E-state index in [9.17, 15) is 8.42 Å². The normalized spacial score (nSPS) is 13.0. The fraction of sp³-hybridized carbons (Fsp3) is 0.333. The van der Waals surface area contributed by atoms with Crippen LogP contribution in [0.5, 0.6) is 5.75 Å². The summed E-state index contributed by atoms with van der Waals surface area (Å²) in [4.78, 5) is 6.41. The first-order chi connectivity index (χ1) is 20.4. The van der Waals surface area contributed by atoms with Crippen LogP contribution in [-0.4, -0.2) is 42.2 Å². The Hall–Kier alpha value is -3.46. The molecule has 0 fully saturated rings. The summed E-state index contributed by atoms with van der Waals surface area (Å²) in [5.41, 5.74) is 2.55. The van der Waals surface area contributed by atoms with Crippen molar-refractivity contribution in [3.8, 4) is 5.75 Å². The third-order valence-corrected chi connectivity index (χ3v) is 12.3. The van der Waals surface area contributed by atoms with E-state index in [1.54, 1.807) is 12.1 Å². The van der Waals surface area contributed by atoms with Gasteiger partial charge >= 0.3 is 10.1 Å². The minimum Gasteiger partial charge on any atom is -0.488 e. The molecule has 0 amide bonds. The van der Waals surface area contributed by atoms with E-state index in [1.807, 2.05) is 144 Å². The van der Waals surface area contributed by atoms with Gasteiger partial charge < -0.3 is 14.5 Å². The minimum absolute atomic E-state index is 0.114. The summed E-state index contributed by atoms with van der Waals surface area (Å²) in [6, 6.07) is 30.5. The molecule has 4 aromatic carbocycles. The lowest BCUT2D eigenvalue weighted by molar-refractivity contribution is 0.131. The molecule has 0 saturated heterocycles. The number of rotatable bonds is 9. The van der Waals surface area contributed by atoms with Gasteiger partial charge in [0.1, 0.15) is 11.4 Å². The maximum absolute atomic E-state index is 14.3. The average Bonchev–Trinajstić information content (AvgIpc) is 2.95. The van der Waals surface area contributed by atoms with E-state index < -0.39 is 20.4 Å². The van der Waals surface area contributed by atoms with Gasteiger partial charge in [-0.3, -0.25) is 0 Å². The Kier molecular flexibility index (Phi) is 9.50. The highest BCUT2D eigenvalue weighted by Gasteiger charge is 2.39. The van der Waals surface area contributed by atoms with Gasteiger partial charge in [-0.25, -0.2) is 3.63 Å². The number of nitrogens with zero attached hydrogens (tertiary/aromatic N) is 2. The van der Waals surface area contributed by atoms with E-state index in [4.69, 9.17) is 8.37 Å². The van der Waals surface area contributed by atoms with Gasteiger partial charge in [-0.2, -0.15) is 8.42 Å². The summed E-state index contributed by atoms with van der Waals surface area (Å²) in [6.07, 6.45) is 0. The Morgan fingerprint density at radius 2 is 0.886 bits per heavy atom. The van der Waals surface area contributed by atoms with Crippen LogP contribution in [0.1, 0.15) is 47.1 Å². The quantitative estimate of drug-likeness (QED) is 0.183.